The molecule has 0 aliphatic heterocycles. The molecule has 21 heavy (non-hydrogen) atoms. The Morgan fingerprint density at radius 1 is 0.667 bits per heavy atom. The highest BCUT2D eigenvalue weighted by Crippen LogP contribution is 2.23. The van der Waals surface area contributed by atoms with Crippen LogP contribution < -0.4 is 0 Å². The number of rotatable bonds is 4. The predicted molar refractivity (Wildman–Crippen MR) is 92.8 cm³/mol. The zero-order valence-corrected chi connectivity index (χ0v) is 13.2. The van der Waals surface area contributed by atoms with Crippen molar-refractivity contribution in [1.29, 1.82) is 0 Å². The van der Waals surface area contributed by atoms with E-state index < -0.39 is 0 Å². The Kier molecular flexibility index (Phi) is 5.04. The highest BCUT2D eigenvalue weighted by molar-refractivity contribution is 5.83. The van der Waals surface area contributed by atoms with Crippen LogP contribution in [-0.2, 0) is 0 Å². The quantitative estimate of drug-likeness (QED) is 0.668. The predicted octanol–water partition coefficient (Wildman–Crippen LogP) is 5.42. The van der Waals surface area contributed by atoms with E-state index in [1.165, 1.54) is 22.3 Å². The van der Waals surface area contributed by atoms with Crippen molar-refractivity contribution >= 4 is 23.8 Å². The lowest BCUT2D eigenvalue weighted by Gasteiger charge is -2.03. The molecule has 0 amide bonds. The maximum absolute atomic E-state index is 4.57. The van der Waals surface area contributed by atoms with Crippen LogP contribution in [0.15, 0.2) is 46.4 Å². The topological polar surface area (TPSA) is 24.7 Å². The highest BCUT2D eigenvalue weighted by Gasteiger charge is 1.99. The van der Waals surface area contributed by atoms with E-state index in [0.29, 0.717) is 0 Å². The average Bonchev–Trinajstić information content (AvgIpc) is 2.44. The summed E-state index contributed by atoms with van der Waals surface area (Å²) in [7, 11) is 0. The third kappa shape index (κ3) is 3.88. The number of aryl methyl sites for hydroxylation is 4. The fourth-order valence-electron chi connectivity index (χ4n) is 2.35. The van der Waals surface area contributed by atoms with Gasteiger partial charge in [0, 0.05) is 18.9 Å². The summed E-state index contributed by atoms with van der Waals surface area (Å²) in [5.41, 5.74) is 6.96. The molecule has 0 radical (unpaired) electrons. The molecule has 2 rings (SSSR count). The Morgan fingerprint density at radius 2 is 1.00 bits per heavy atom. The van der Waals surface area contributed by atoms with Gasteiger partial charge in [-0.25, -0.2) is 0 Å². The van der Waals surface area contributed by atoms with Crippen molar-refractivity contribution in [2.24, 2.45) is 9.98 Å². The van der Waals surface area contributed by atoms with Gasteiger partial charge in [0.2, 0.25) is 0 Å². The van der Waals surface area contributed by atoms with Crippen molar-refractivity contribution < 1.29 is 0 Å². The lowest BCUT2D eigenvalue weighted by molar-refractivity contribution is 1.32. The smallest absolute Gasteiger partial charge is 0.0684 e. The molecule has 2 heteroatoms. The van der Waals surface area contributed by atoms with Gasteiger partial charge < -0.3 is 0 Å². The first-order chi connectivity index (χ1) is 10.1. The van der Waals surface area contributed by atoms with Crippen molar-refractivity contribution in [1.82, 2.24) is 0 Å². The minimum atomic E-state index is 0.738. The molecule has 0 heterocycles. The molecule has 108 valence electrons. The van der Waals surface area contributed by atoms with Gasteiger partial charge in [-0.15, -0.1) is 0 Å². The van der Waals surface area contributed by atoms with Crippen LogP contribution in [0.4, 0.5) is 11.4 Å². The second-order valence-electron chi connectivity index (χ2n) is 5.34. The van der Waals surface area contributed by atoms with Crippen LogP contribution in [-0.4, -0.2) is 12.4 Å². The molecule has 0 fully saturated rings. The Labute approximate surface area is 127 Å². The maximum atomic E-state index is 4.57. The Balaban J connectivity index is 2.04. The molecule has 0 N–H and O–H groups in total. The van der Waals surface area contributed by atoms with Crippen LogP contribution in [0.25, 0.3) is 0 Å². The van der Waals surface area contributed by atoms with E-state index in [4.69, 9.17) is 0 Å². The third-order valence-electron chi connectivity index (χ3n) is 3.53. The number of benzene rings is 2. The first-order valence-corrected chi connectivity index (χ1v) is 7.27. The minimum Gasteiger partial charge on any atom is -0.260 e. The van der Waals surface area contributed by atoms with Crippen molar-refractivity contribution in [3.05, 3.63) is 58.7 Å². The molecular weight excluding hydrogens is 256 g/mol. The van der Waals surface area contributed by atoms with E-state index in [0.717, 1.165) is 17.8 Å². The number of nitrogens with zero attached hydrogens (tertiary/aromatic N) is 2. The molecule has 0 aliphatic carbocycles. The number of hydrogen-bond acceptors (Lipinski definition) is 2. The molecule has 0 unspecified atom stereocenters. The van der Waals surface area contributed by atoms with Crippen LogP contribution in [0.2, 0.25) is 0 Å². The van der Waals surface area contributed by atoms with E-state index in [1.54, 1.807) is 0 Å². The van der Waals surface area contributed by atoms with E-state index >= 15 is 0 Å². The van der Waals surface area contributed by atoms with E-state index in [1.807, 2.05) is 12.4 Å². The van der Waals surface area contributed by atoms with Gasteiger partial charge in [0.1, 0.15) is 0 Å². The van der Waals surface area contributed by atoms with Crippen LogP contribution in [0.5, 0.6) is 0 Å². The SMILES string of the molecule is Cc1cccc(C)c1/N=C/C/C=N/c1c(C)cccc1C. The number of para-hydroxylation sites is 2. The van der Waals surface area contributed by atoms with Crippen LogP contribution in [0.1, 0.15) is 28.7 Å². The summed E-state index contributed by atoms with van der Waals surface area (Å²) in [6.07, 6.45) is 4.58. The van der Waals surface area contributed by atoms with Gasteiger partial charge in [-0.05, 0) is 49.9 Å². The molecule has 0 saturated heterocycles. The molecular formula is C19H22N2. The molecule has 0 aliphatic rings. The fraction of sp³-hybridized carbons (Fsp3) is 0.263. The van der Waals surface area contributed by atoms with E-state index in [9.17, 15) is 0 Å². The van der Waals surface area contributed by atoms with Gasteiger partial charge in [-0.1, -0.05) is 36.4 Å². The number of hydrogen-bond donors (Lipinski definition) is 0. The summed E-state index contributed by atoms with van der Waals surface area (Å²) in [6.45, 7) is 8.35. The normalized spacial score (nSPS) is 11.6. The molecule has 2 nitrogen and oxygen atoms in total. The van der Waals surface area contributed by atoms with Crippen molar-refractivity contribution in [3.63, 3.8) is 0 Å². The van der Waals surface area contributed by atoms with Gasteiger partial charge in [0.05, 0.1) is 11.4 Å². The van der Waals surface area contributed by atoms with Crippen LogP contribution in [0.3, 0.4) is 0 Å². The van der Waals surface area contributed by atoms with Gasteiger partial charge in [0.25, 0.3) is 0 Å². The van der Waals surface area contributed by atoms with E-state index in [-0.39, 0.29) is 0 Å². The molecule has 0 saturated carbocycles. The van der Waals surface area contributed by atoms with Gasteiger partial charge >= 0.3 is 0 Å². The summed E-state index contributed by atoms with van der Waals surface area (Å²) in [6, 6.07) is 12.5. The Hall–Kier alpha value is -2.22. The first-order valence-electron chi connectivity index (χ1n) is 7.27. The fourth-order valence-corrected chi connectivity index (χ4v) is 2.35. The van der Waals surface area contributed by atoms with E-state index in [2.05, 4.69) is 74.1 Å². The summed E-state index contributed by atoms with van der Waals surface area (Å²) in [4.78, 5) is 9.13. The van der Waals surface area contributed by atoms with Crippen molar-refractivity contribution in [3.8, 4) is 0 Å². The summed E-state index contributed by atoms with van der Waals surface area (Å²) >= 11 is 0. The first kappa shape index (κ1) is 15.2. The zero-order chi connectivity index (χ0) is 15.2. The van der Waals surface area contributed by atoms with Gasteiger partial charge in [-0.2, -0.15) is 0 Å². The minimum absolute atomic E-state index is 0.738. The molecule has 2 aromatic carbocycles. The second kappa shape index (κ2) is 6.98. The summed E-state index contributed by atoms with van der Waals surface area (Å²) in [5, 5.41) is 0. The standard InChI is InChI=1S/C19H22N2/c1-14-8-5-9-15(2)18(14)20-12-7-13-21-19-16(3)10-6-11-17(19)4/h5-6,8-13H,7H2,1-4H3/b20-12+,21-13+. The van der Waals surface area contributed by atoms with Crippen LogP contribution in [0, 0.1) is 27.7 Å². The number of aliphatic imine (C=N–C) groups is 2. The molecule has 0 atom stereocenters. The average molecular weight is 278 g/mol. The summed E-state index contributed by atoms with van der Waals surface area (Å²) in [5.74, 6) is 0. The zero-order valence-electron chi connectivity index (χ0n) is 13.2. The largest absolute Gasteiger partial charge is 0.260 e. The second-order valence-corrected chi connectivity index (χ2v) is 5.34. The maximum Gasteiger partial charge on any atom is 0.0684 e. The summed E-state index contributed by atoms with van der Waals surface area (Å²) < 4.78 is 0. The monoisotopic (exact) mass is 278 g/mol. The van der Waals surface area contributed by atoms with Crippen molar-refractivity contribution in [2.45, 2.75) is 34.1 Å². The molecule has 0 aromatic heterocycles. The van der Waals surface area contributed by atoms with Crippen molar-refractivity contribution in [2.75, 3.05) is 0 Å². The van der Waals surface area contributed by atoms with Gasteiger partial charge in [-0.3, -0.25) is 9.98 Å². The van der Waals surface area contributed by atoms with Crippen LogP contribution >= 0.6 is 0 Å². The van der Waals surface area contributed by atoms with Gasteiger partial charge in [0.15, 0.2) is 0 Å². The highest BCUT2D eigenvalue weighted by atomic mass is 14.7. The molecule has 0 bridgehead atoms. The molecule has 0 spiro atoms. The lowest BCUT2D eigenvalue weighted by Crippen LogP contribution is -1.84. The third-order valence-corrected chi connectivity index (χ3v) is 3.53. The Morgan fingerprint density at radius 3 is 1.33 bits per heavy atom. The lowest BCUT2D eigenvalue weighted by atomic mass is 10.1. The Bertz CT molecular complexity index is 582. The molecule has 2 aromatic rings.